The second kappa shape index (κ2) is 6.12. The lowest BCUT2D eigenvalue weighted by Crippen LogP contribution is -2.12. The molecular formula is C14H15FN2O. The summed E-state index contributed by atoms with van der Waals surface area (Å²) in [7, 11) is 0. The molecule has 0 spiro atoms. The molecule has 0 fully saturated rings. The Kier molecular flexibility index (Phi) is 4.25. The Morgan fingerprint density at radius 3 is 2.78 bits per heavy atom. The third-order valence-corrected chi connectivity index (χ3v) is 2.39. The highest BCUT2D eigenvalue weighted by Crippen LogP contribution is 2.22. The second-order valence-corrected chi connectivity index (χ2v) is 3.78. The largest absolute Gasteiger partial charge is 0.436 e. The van der Waals surface area contributed by atoms with Crippen LogP contribution in [0.4, 0.5) is 4.39 Å². The van der Waals surface area contributed by atoms with Gasteiger partial charge in [0.25, 0.3) is 0 Å². The van der Waals surface area contributed by atoms with E-state index in [9.17, 15) is 4.39 Å². The minimum absolute atomic E-state index is 0.186. The van der Waals surface area contributed by atoms with Gasteiger partial charge in [0.2, 0.25) is 5.88 Å². The van der Waals surface area contributed by atoms with Crippen molar-refractivity contribution in [3.8, 4) is 11.6 Å². The summed E-state index contributed by atoms with van der Waals surface area (Å²) in [6.07, 6.45) is 0. The van der Waals surface area contributed by atoms with Crippen molar-refractivity contribution in [3.05, 3.63) is 54.0 Å². The molecule has 0 unspecified atom stereocenters. The van der Waals surface area contributed by atoms with Crippen LogP contribution < -0.4 is 10.1 Å². The van der Waals surface area contributed by atoms with Crippen molar-refractivity contribution in [2.24, 2.45) is 0 Å². The number of para-hydroxylation sites is 1. The average Bonchev–Trinajstić information content (AvgIpc) is 2.40. The number of hydrogen-bond acceptors (Lipinski definition) is 3. The molecule has 94 valence electrons. The normalized spacial score (nSPS) is 10.3. The summed E-state index contributed by atoms with van der Waals surface area (Å²) in [5.74, 6) is 0.192. The fraction of sp³-hybridized carbons (Fsp3) is 0.214. The monoisotopic (exact) mass is 246 g/mol. The Morgan fingerprint density at radius 1 is 1.17 bits per heavy atom. The van der Waals surface area contributed by atoms with Crippen LogP contribution in [-0.4, -0.2) is 11.5 Å². The van der Waals surface area contributed by atoms with Crippen LogP contribution >= 0.6 is 0 Å². The summed E-state index contributed by atoms with van der Waals surface area (Å²) in [5, 5.41) is 3.17. The quantitative estimate of drug-likeness (QED) is 0.880. The Hall–Kier alpha value is -1.94. The SMILES string of the molecule is CCNCc1cccc(Oc2ccccc2F)n1. The summed E-state index contributed by atoms with van der Waals surface area (Å²) < 4.78 is 18.8. The highest BCUT2D eigenvalue weighted by molar-refractivity contribution is 5.28. The third-order valence-electron chi connectivity index (χ3n) is 2.39. The molecule has 3 nitrogen and oxygen atoms in total. The van der Waals surface area contributed by atoms with E-state index in [0.29, 0.717) is 12.4 Å². The van der Waals surface area contributed by atoms with Gasteiger partial charge in [-0.25, -0.2) is 9.37 Å². The third kappa shape index (κ3) is 3.28. The molecule has 1 aromatic heterocycles. The highest BCUT2D eigenvalue weighted by atomic mass is 19.1. The molecule has 0 saturated carbocycles. The molecule has 1 N–H and O–H groups in total. The van der Waals surface area contributed by atoms with Gasteiger partial charge >= 0.3 is 0 Å². The van der Waals surface area contributed by atoms with Crippen LogP contribution in [0.2, 0.25) is 0 Å². The molecule has 4 heteroatoms. The van der Waals surface area contributed by atoms with Crippen LogP contribution in [0.15, 0.2) is 42.5 Å². The van der Waals surface area contributed by atoms with E-state index in [1.807, 2.05) is 19.1 Å². The first-order valence-electron chi connectivity index (χ1n) is 5.88. The van der Waals surface area contributed by atoms with Gasteiger partial charge in [0.05, 0.1) is 5.69 Å². The van der Waals surface area contributed by atoms with Crippen LogP contribution in [0.5, 0.6) is 11.6 Å². The molecule has 0 aliphatic heterocycles. The lowest BCUT2D eigenvalue weighted by atomic mass is 10.3. The highest BCUT2D eigenvalue weighted by Gasteiger charge is 2.04. The topological polar surface area (TPSA) is 34.1 Å². The van der Waals surface area contributed by atoms with Crippen molar-refractivity contribution >= 4 is 0 Å². The lowest BCUT2D eigenvalue weighted by Gasteiger charge is -2.07. The summed E-state index contributed by atoms with van der Waals surface area (Å²) in [4.78, 5) is 4.30. The van der Waals surface area contributed by atoms with Crippen molar-refractivity contribution < 1.29 is 9.13 Å². The average molecular weight is 246 g/mol. The maximum Gasteiger partial charge on any atom is 0.219 e. The van der Waals surface area contributed by atoms with Gasteiger partial charge in [-0.05, 0) is 24.7 Å². The molecule has 0 aliphatic carbocycles. The minimum atomic E-state index is -0.392. The molecule has 2 aromatic rings. The summed E-state index contributed by atoms with van der Waals surface area (Å²) in [5.41, 5.74) is 0.866. The molecule has 0 amide bonds. The Balaban J connectivity index is 2.12. The summed E-state index contributed by atoms with van der Waals surface area (Å²) >= 11 is 0. The number of hydrogen-bond donors (Lipinski definition) is 1. The van der Waals surface area contributed by atoms with Crippen LogP contribution in [0, 0.1) is 5.82 Å². The van der Waals surface area contributed by atoms with E-state index in [4.69, 9.17) is 4.74 Å². The van der Waals surface area contributed by atoms with Gasteiger partial charge in [0.15, 0.2) is 11.6 Å². The molecule has 1 aromatic carbocycles. The number of rotatable bonds is 5. The maximum absolute atomic E-state index is 13.4. The molecule has 0 atom stereocenters. The molecule has 0 saturated heterocycles. The maximum atomic E-state index is 13.4. The van der Waals surface area contributed by atoms with Crippen LogP contribution in [0.1, 0.15) is 12.6 Å². The van der Waals surface area contributed by atoms with Crippen molar-refractivity contribution in [3.63, 3.8) is 0 Å². The second-order valence-electron chi connectivity index (χ2n) is 3.78. The van der Waals surface area contributed by atoms with Gasteiger partial charge in [-0.15, -0.1) is 0 Å². The zero-order valence-corrected chi connectivity index (χ0v) is 10.2. The van der Waals surface area contributed by atoms with Crippen molar-refractivity contribution in [2.75, 3.05) is 6.54 Å². The standard InChI is InChI=1S/C14H15FN2O/c1-2-16-10-11-6-5-9-14(17-11)18-13-8-4-3-7-12(13)15/h3-9,16H,2,10H2,1H3. The van der Waals surface area contributed by atoms with Crippen LogP contribution in [0.3, 0.4) is 0 Å². The van der Waals surface area contributed by atoms with E-state index in [-0.39, 0.29) is 5.75 Å². The number of ether oxygens (including phenoxy) is 1. The van der Waals surface area contributed by atoms with E-state index in [0.717, 1.165) is 12.2 Å². The minimum Gasteiger partial charge on any atom is -0.436 e. The van der Waals surface area contributed by atoms with Gasteiger partial charge < -0.3 is 10.1 Å². The fourth-order valence-corrected chi connectivity index (χ4v) is 1.51. The summed E-state index contributed by atoms with van der Waals surface area (Å²) in [6.45, 7) is 3.57. The van der Waals surface area contributed by atoms with Gasteiger partial charge in [-0.3, -0.25) is 0 Å². The van der Waals surface area contributed by atoms with E-state index in [1.165, 1.54) is 6.07 Å². The molecular weight excluding hydrogens is 231 g/mol. The fourth-order valence-electron chi connectivity index (χ4n) is 1.51. The number of nitrogens with one attached hydrogen (secondary N) is 1. The Bertz CT molecular complexity index is 517. The van der Waals surface area contributed by atoms with E-state index in [1.54, 1.807) is 24.3 Å². The van der Waals surface area contributed by atoms with Gasteiger partial charge in [0, 0.05) is 12.6 Å². The zero-order valence-electron chi connectivity index (χ0n) is 10.2. The molecule has 2 rings (SSSR count). The predicted octanol–water partition coefficient (Wildman–Crippen LogP) is 3.12. The number of benzene rings is 1. The Labute approximate surface area is 106 Å². The zero-order chi connectivity index (χ0) is 12.8. The number of aromatic nitrogens is 1. The first-order chi connectivity index (χ1) is 8.79. The lowest BCUT2D eigenvalue weighted by molar-refractivity contribution is 0.425. The van der Waals surface area contributed by atoms with Gasteiger partial charge in [-0.1, -0.05) is 25.1 Å². The number of halogens is 1. The molecule has 1 heterocycles. The summed E-state index contributed by atoms with van der Waals surface area (Å²) in [6, 6.07) is 11.7. The Morgan fingerprint density at radius 2 is 2.00 bits per heavy atom. The first kappa shape index (κ1) is 12.5. The van der Waals surface area contributed by atoms with Crippen LogP contribution in [0.25, 0.3) is 0 Å². The molecule has 0 bridgehead atoms. The first-order valence-corrected chi connectivity index (χ1v) is 5.88. The molecule has 0 radical (unpaired) electrons. The van der Waals surface area contributed by atoms with E-state index in [2.05, 4.69) is 10.3 Å². The smallest absolute Gasteiger partial charge is 0.219 e. The van der Waals surface area contributed by atoms with Crippen molar-refractivity contribution in [1.29, 1.82) is 0 Å². The van der Waals surface area contributed by atoms with Crippen LogP contribution in [-0.2, 0) is 6.54 Å². The predicted molar refractivity (Wildman–Crippen MR) is 68.1 cm³/mol. The molecule has 18 heavy (non-hydrogen) atoms. The van der Waals surface area contributed by atoms with Gasteiger partial charge in [0.1, 0.15) is 0 Å². The number of pyridine rings is 1. The van der Waals surface area contributed by atoms with Gasteiger partial charge in [-0.2, -0.15) is 0 Å². The van der Waals surface area contributed by atoms with Crippen molar-refractivity contribution in [1.82, 2.24) is 10.3 Å². The van der Waals surface area contributed by atoms with Crippen molar-refractivity contribution in [2.45, 2.75) is 13.5 Å². The number of nitrogens with zero attached hydrogens (tertiary/aromatic N) is 1. The molecule has 0 aliphatic rings. The van der Waals surface area contributed by atoms with E-state index < -0.39 is 5.82 Å². The van der Waals surface area contributed by atoms with E-state index >= 15 is 0 Å².